The topological polar surface area (TPSA) is 72.5 Å². The molecule has 1 aromatic carbocycles. The largest absolute Gasteiger partial charge is 0.494 e. The zero-order valence-electron chi connectivity index (χ0n) is 9.90. The van der Waals surface area contributed by atoms with E-state index < -0.39 is 5.97 Å². The highest BCUT2D eigenvalue weighted by atomic mass is 16.5. The molecule has 0 saturated carbocycles. The third-order valence-electron chi connectivity index (χ3n) is 2.96. The van der Waals surface area contributed by atoms with E-state index in [1.165, 1.54) is 0 Å². The predicted octanol–water partition coefficient (Wildman–Crippen LogP) is 1.14. The minimum Gasteiger partial charge on any atom is -0.494 e. The Hall–Kier alpha value is -1.55. The average molecular weight is 235 g/mol. The molecule has 0 spiro atoms. The molecule has 3 N–H and O–H groups in total. The molecule has 0 heterocycles. The van der Waals surface area contributed by atoms with Gasteiger partial charge in [0, 0.05) is 6.04 Å². The molecule has 4 heteroatoms. The molecule has 1 aromatic rings. The molecule has 0 fully saturated rings. The van der Waals surface area contributed by atoms with Crippen LogP contribution in [0.3, 0.4) is 0 Å². The summed E-state index contributed by atoms with van der Waals surface area (Å²) in [5, 5.41) is 8.82. The number of nitrogens with two attached hydrogens (primary N) is 1. The second-order valence-electron chi connectivity index (χ2n) is 4.40. The van der Waals surface area contributed by atoms with E-state index in [9.17, 15) is 4.79 Å². The molecule has 0 aliphatic heterocycles. The molecule has 0 radical (unpaired) electrons. The van der Waals surface area contributed by atoms with Crippen LogP contribution in [0.4, 0.5) is 0 Å². The number of benzene rings is 1. The fourth-order valence-electron chi connectivity index (χ4n) is 2.36. The Kier molecular flexibility index (Phi) is 3.33. The van der Waals surface area contributed by atoms with Crippen LogP contribution in [0.1, 0.15) is 23.6 Å². The number of carbonyl (C=O) groups is 1. The fourth-order valence-corrected chi connectivity index (χ4v) is 2.36. The zero-order chi connectivity index (χ0) is 12.4. The Balaban J connectivity index is 2.36. The normalized spacial score (nSPS) is 17.9. The van der Waals surface area contributed by atoms with Crippen molar-refractivity contribution in [2.24, 2.45) is 5.73 Å². The van der Waals surface area contributed by atoms with Gasteiger partial charge in [0.2, 0.25) is 0 Å². The highest BCUT2D eigenvalue weighted by Crippen LogP contribution is 2.32. The van der Waals surface area contributed by atoms with E-state index in [1.807, 2.05) is 19.1 Å². The second-order valence-corrected chi connectivity index (χ2v) is 4.40. The second kappa shape index (κ2) is 4.75. The molecule has 4 nitrogen and oxygen atoms in total. The molecule has 1 aliphatic rings. The van der Waals surface area contributed by atoms with Gasteiger partial charge < -0.3 is 15.6 Å². The molecule has 0 aromatic heterocycles. The number of hydrogen-bond donors (Lipinski definition) is 2. The standard InChI is InChI=1S/C13H17NO3/c1-2-17-12-4-8(5-13(15)16)3-9-6-10(14)7-11(9)12/h3-4,10H,2,5-7,14H2,1H3,(H,15,16). The van der Waals surface area contributed by atoms with Gasteiger partial charge >= 0.3 is 5.97 Å². The quantitative estimate of drug-likeness (QED) is 0.820. The van der Waals surface area contributed by atoms with Crippen molar-refractivity contribution in [2.75, 3.05) is 6.61 Å². The van der Waals surface area contributed by atoms with Crippen molar-refractivity contribution in [3.8, 4) is 5.75 Å². The van der Waals surface area contributed by atoms with Crippen LogP contribution in [0.15, 0.2) is 12.1 Å². The van der Waals surface area contributed by atoms with E-state index >= 15 is 0 Å². The smallest absolute Gasteiger partial charge is 0.307 e. The van der Waals surface area contributed by atoms with Crippen LogP contribution in [0.25, 0.3) is 0 Å². The lowest BCUT2D eigenvalue weighted by molar-refractivity contribution is -0.136. The molecule has 1 aliphatic carbocycles. The van der Waals surface area contributed by atoms with Gasteiger partial charge in [-0.2, -0.15) is 0 Å². The minimum absolute atomic E-state index is 0.0303. The van der Waals surface area contributed by atoms with Gasteiger partial charge in [0.15, 0.2) is 0 Å². The van der Waals surface area contributed by atoms with Crippen LogP contribution < -0.4 is 10.5 Å². The van der Waals surface area contributed by atoms with E-state index in [2.05, 4.69) is 0 Å². The van der Waals surface area contributed by atoms with Crippen molar-refractivity contribution >= 4 is 5.97 Å². The summed E-state index contributed by atoms with van der Waals surface area (Å²) in [6, 6.07) is 3.90. The number of ether oxygens (including phenoxy) is 1. The van der Waals surface area contributed by atoms with E-state index in [0.29, 0.717) is 6.61 Å². The molecular weight excluding hydrogens is 218 g/mol. The summed E-state index contributed by atoms with van der Waals surface area (Å²) >= 11 is 0. The van der Waals surface area contributed by atoms with Gasteiger partial charge in [-0.05, 0) is 42.5 Å². The lowest BCUT2D eigenvalue weighted by atomic mass is 10.0. The maximum atomic E-state index is 10.7. The Labute approximate surface area is 100 Å². The molecule has 1 unspecified atom stereocenters. The van der Waals surface area contributed by atoms with Crippen molar-refractivity contribution < 1.29 is 14.6 Å². The Morgan fingerprint density at radius 1 is 1.53 bits per heavy atom. The van der Waals surface area contributed by atoms with E-state index in [1.54, 1.807) is 0 Å². The summed E-state index contributed by atoms with van der Waals surface area (Å²) in [6.07, 6.45) is 1.66. The van der Waals surface area contributed by atoms with E-state index in [4.69, 9.17) is 15.6 Å². The highest BCUT2D eigenvalue weighted by Gasteiger charge is 2.23. The third-order valence-corrected chi connectivity index (χ3v) is 2.96. The Morgan fingerprint density at radius 3 is 2.94 bits per heavy atom. The van der Waals surface area contributed by atoms with E-state index in [0.717, 1.165) is 35.3 Å². The van der Waals surface area contributed by atoms with Crippen molar-refractivity contribution in [2.45, 2.75) is 32.2 Å². The van der Waals surface area contributed by atoms with E-state index in [-0.39, 0.29) is 12.5 Å². The summed E-state index contributed by atoms with van der Waals surface area (Å²) in [6.45, 7) is 2.50. The summed E-state index contributed by atoms with van der Waals surface area (Å²) in [5.74, 6) is -0.0242. The van der Waals surface area contributed by atoms with Gasteiger partial charge in [-0.1, -0.05) is 6.07 Å². The molecule has 92 valence electrons. The summed E-state index contributed by atoms with van der Waals surface area (Å²) < 4.78 is 5.57. The minimum atomic E-state index is -0.824. The van der Waals surface area contributed by atoms with Gasteiger partial charge in [0.25, 0.3) is 0 Å². The number of rotatable bonds is 4. The van der Waals surface area contributed by atoms with Crippen molar-refractivity contribution in [3.05, 3.63) is 28.8 Å². The average Bonchev–Trinajstić information content (AvgIpc) is 2.58. The van der Waals surface area contributed by atoms with Gasteiger partial charge in [-0.3, -0.25) is 4.79 Å². The van der Waals surface area contributed by atoms with Crippen LogP contribution in [0.2, 0.25) is 0 Å². The lowest BCUT2D eigenvalue weighted by Gasteiger charge is -2.11. The zero-order valence-corrected chi connectivity index (χ0v) is 9.90. The maximum absolute atomic E-state index is 10.7. The van der Waals surface area contributed by atoms with Gasteiger partial charge in [0.05, 0.1) is 13.0 Å². The van der Waals surface area contributed by atoms with Crippen molar-refractivity contribution in [1.29, 1.82) is 0 Å². The van der Waals surface area contributed by atoms with Crippen molar-refractivity contribution in [1.82, 2.24) is 0 Å². The first-order chi connectivity index (χ1) is 8.10. The van der Waals surface area contributed by atoms with Gasteiger partial charge in [-0.25, -0.2) is 0 Å². The number of hydrogen-bond acceptors (Lipinski definition) is 3. The number of carboxylic acid groups (broad SMARTS) is 1. The van der Waals surface area contributed by atoms with Crippen LogP contribution >= 0.6 is 0 Å². The molecule has 0 bridgehead atoms. The van der Waals surface area contributed by atoms with Crippen molar-refractivity contribution in [3.63, 3.8) is 0 Å². The number of aliphatic carboxylic acids is 1. The maximum Gasteiger partial charge on any atom is 0.307 e. The number of carboxylic acids is 1. The molecule has 2 rings (SSSR count). The molecule has 1 atom stereocenters. The Bertz CT molecular complexity index is 443. The summed E-state index contributed by atoms with van der Waals surface area (Å²) in [7, 11) is 0. The Morgan fingerprint density at radius 2 is 2.29 bits per heavy atom. The molecule has 0 amide bonds. The predicted molar refractivity (Wildman–Crippen MR) is 64.3 cm³/mol. The molecule has 17 heavy (non-hydrogen) atoms. The summed E-state index contributed by atoms with van der Waals surface area (Å²) in [5.41, 5.74) is 9.00. The lowest BCUT2D eigenvalue weighted by Crippen LogP contribution is -2.19. The van der Waals surface area contributed by atoms with Gasteiger partial charge in [0.1, 0.15) is 5.75 Å². The molecular formula is C13H17NO3. The van der Waals surface area contributed by atoms with Gasteiger partial charge in [-0.15, -0.1) is 0 Å². The SMILES string of the molecule is CCOc1cc(CC(=O)O)cc2c1CC(N)C2. The first kappa shape index (κ1) is 11.9. The number of fused-ring (bicyclic) bond motifs is 1. The monoisotopic (exact) mass is 235 g/mol. The fraction of sp³-hybridized carbons (Fsp3) is 0.462. The summed E-state index contributed by atoms with van der Waals surface area (Å²) in [4.78, 5) is 10.7. The highest BCUT2D eigenvalue weighted by molar-refractivity contribution is 5.70. The van der Waals surface area contributed by atoms with Crippen LogP contribution in [0.5, 0.6) is 5.75 Å². The van der Waals surface area contributed by atoms with Crippen LogP contribution in [0, 0.1) is 0 Å². The van der Waals surface area contributed by atoms with Crippen LogP contribution in [-0.4, -0.2) is 23.7 Å². The first-order valence-electron chi connectivity index (χ1n) is 5.85. The molecule has 0 saturated heterocycles. The third kappa shape index (κ3) is 2.58. The van der Waals surface area contributed by atoms with Crippen LogP contribution in [-0.2, 0) is 24.1 Å². The first-order valence-corrected chi connectivity index (χ1v) is 5.85.